The van der Waals surface area contributed by atoms with Crippen molar-refractivity contribution in [3.63, 3.8) is 0 Å². The molecular formula is C19H20N2O4S. The maximum absolute atomic E-state index is 11.8. The molecule has 2 amide bonds. The van der Waals surface area contributed by atoms with Gasteiger partial charge in [-0.3, -0.25) is 19.9 Å². The molecule has 0 aliphatic carbocycles. The number of ether oxygens (including phenoxy) is 1. The molecule has 3 rings (SSSR count). The summed E-state index contributed by atoms with van der Waals surface area (Å²) in [4.78, 5) is 27.1. The van der Waals surface area contributed by atoms with Gasteiger partial charge in [0, 0.05) is 22.4 Å². The van der Waals surface area contributed by atoms with Crippen LogP contribution < -0.4 is 10.1 Å². The lowest BCUT2D eigenvalue weighted by Crippen LogP contribution is -2.25. The number of carbonyl (C=O) groups excluding carboxylic acids is 2. The first kappa shape index (κ1) is 12.9. The maximum Gasteiger partial charge on any atom is 0.286 e. The summed E-state index contributed by atoms with van der Waals surface area (Å²) < 4.78 is 43.1. The summed E-state index contributed by atoms with van der Waals surface area (Å²) in [7, 11) is 0. The molecule has 136 valence electrons. The van der Waals surface area contributed by atoms with Gasteiger partial charge in [-0.25, -0.2) is 0 Å². The normalized spacial score (nSPS) is 25.2. The SMILES string of the molecule is [2H]C1(Cc2ccc(OCCc3ccc(C([2H])(O)C([2H])([2H])[2H])cn3)cc2)SC(=O)NC1=O. The first-order valence-corrected chi connectivity index (χ1v) is 8.66. The molecule has 1 aliphatic heterocycles. The van der Waals surface area contributed by atoms with Gasteiger partial charge in [0.1, 0.15) is 5.75 Å². The zero-order valence-electron chi connectivity index (χ0n) is 18.7. The number of nitrogens with one attached hydrogen (secondary N) is 1. The Balaban J connectivity index is 1.52. The van der Waals surface area contributed by atoms with Crippen LogP contribution in [-0.2, 0) is 17.6 Å². The van der Waals surface area contributed by atoms with Crippen molar-refractivity contribution in [2.45, 2.75) is 31.0 Å². The third kappa shape index (κ3) is 4.83. The van der Waals surface area contributed by atoms with Crippen molar-refractivity contribution in [2.24, 2.45) is 0 Å². The van der Waals surface area contributed by atoms with E-state index in [9.17, 15) is 14.7 Å². The van der Waals surface area contributed by atoms with Gasteiger partial charge >= 0.3 is 0 Å². The summed E-state index contributed by atoms with van der Waals surface area (Å²) in [5.41, 5.74) is 1.21. The van der Waals surface area contributed by atoms with Crippen LogP contribution in [0.4, 0.5) is 4.79 Å². The van der Waals surface area contributed by atoms with Gasteiger partial charge in [-0.1, -0.05) is 30.0 Å². The Bertz CT molecular complexity index is 967. The summed E-state index contributed by atoms with van der Waals surface area (Å²) >= 11 is 0.660. The van der Waals surface area contributed by atoms with Crippen LogP contribution >= 0.6 is 11.8 Å². The molecular weight excluding hydrogens is 352 g/mol. The van der Waals surface area contributed by atoms with E-state index in [0.29, 0.717) is 35.2 Å². The van der Waals surface area contributed by atoms with Crippen molar-refractivity contribution < 1.29 is 26.3 Å². The van der Waals surface area contributed by atoms with Crippen LogP contribution in [0.3, 0.4) is 0 Å². The van der Waals surface area contributed by atoms with Gasteiger partial charge in [-0.15, -0.1) is 0 Å². The number of imide groups is 1. The van der Waals surface area contributed by atoms with Gasteiger partial charge < -0.3 is 9.84 Å². The Morgan fingerprint density at radius 3 is 2.81 bits per heavy atom. The third-order valence-electron chi connectivity index (χ3n) is 3.70. The smallest absolute Gasteiger partial charge is 0.286 e. The molecule has 6 nitrogen and oxygen atoms in total. The van der Waals surface area contributed by atoms with Gasteiger partial charge in [-0.05, 0) is 42.6 Å². The van der Waals surface area contributed by atoms with E-state index in [1.165, 1.54) is 18.3 Å². The average Bonchev–Trinajstić information content (AvgIpc) is 2.94. The molecule has 26 heavy (non-hydrogen) atoms. The fraction of sp³-hybridized carbons (Fsp3) is 0.316. The summed E-state index contributed by atoms with van der Waals surface area (Å²) in [6, 6.07) is 9.73. The fourth-order valence-electron chi connectivity index (χ4n) is 2.34. The Morgan fingerprint density at radius 1 is 1.38 bits per heavy atom. The van der Waals surface area contributed by atoms with Crippen molar-refractivity contribution in [3.8, 4) is 5.75 Å². The number of aromatic nitrogens is 1. The maximum atomic E-state index is 11.8. The highest BCUT2D eigenvalue weighted by atomic mass is 32.2. The van der Waals surface area contributed by atoms with Gasteiger partial charge in [0.2, 0.25) is 5.91 Å². The van der Waals surface area contributed by atoms with E-state index >= 15 is 0 Å². The van der Waals surface area contributed by atoms with Crippen molar-refractivity contribution in [1.82, 2.24) is 10.3 Å². The molecule has 2 atom stereocenters. The molecule has 0 saturated carbocycles. The van der Waals surface area contributed by atoms with Crippen LogP contribution in [0.5, 0.6) is 5.75 Å². The lowest BCUT2D eigenvalue weighted by Gasteiger charge is -2.09. The molecule has 1 aromatic carbocycles. The summed E-state index contributed by atoms with van der Waals surface area (Å²) in [6.45, 7) is -2.61. The highest BCUT2D eigenvalue weighted by Gasteiger charge is 2.31. The standard InChI is InChI=1S/C19H20N2O4S/c1-12(22)14-4-5-15(20-11-14)8-9-25-16-6-2-13(3-7-16)10-17-18(23)21-19(24)26-17/h2-7,11-12,17,22H,8-10H2,1H3,(H,21,23,24)/i1D3,12D,17D. The topological polar surface area (TPSA) is 88.5 Å². The van der Waals surface area contributed by atoms with Gasteiger partial charge in [0.25, 0.3) is 5.24 Å². The van der Waals surface area contributed by atoms with E-state index in [1.54, 1.807) is 24.3 Å². The van der Waals surface area contributed by atoms with E-state index in [1.807, 2.05) is 0 Å². The van der Waals surface area contributed by atoms with Crippen LogP contribution in [0, 0.1) is 0 Å². The van der Waals surface area contributed by atoms with Gasteiger partial charge in [0.15, 0.2) is 0 Å². The van der Waals surface area contributed by atoms with E-state index in [2.05, 4.69) is 10.3 Å². The summed E-state index contributed by atoms with van der Waals surface area (Å²) in [6.07, 6.45) is -1.05. The molecule has 1 saturated heterocycles. The molecule has 7 heteroatoms. The zero-order chi connectivity index (χ0) is 22.9. The average molecular weight is 377 g/mol. The number of hydrogen-bond donors (Lipinski definition) is 2. The molecule has 1 fully saturated rings. The van der Waals surface area contributed by atoms with E-state index < -0.39 is 29.3 Å². The number of benzene rings is 1. The molecule has 2 unspecified atom stereocenters. The van der Waals surface area contributed by atoms with Crippen molar-refractivity contribution in [2.75, 3.05) is 6.61 Å². The number of thioether (sulfide) groups is 1. The third-order valence-corrected chi connectivity index (χ3v) is 4.56. The molecule has 2 N–H and O–H groups in total. The Hall–Kier alpha value is -2.38. The molecule has 0 radical (unpaired) electrons. The number of amides is 2. The van der Waals surface area contributed by atoms with E-state index in [4.69, 9.17) is 11.6 Å². The molecule has 0 bridgehead atoms. The minimum Gasteiger partial charge on any atom is -0.493 e. The fourth-order valence-corrected chi connectivity index (χ4v) is 3.09. The number of rotatable bonds is 7. The summed E-state index contributed by atoms with van der Waals surface area (Å²) in [5.74, 6) is -0.0500. The van der Waals surface area contributed by atoms with Gasteiger partial charge in [-0.2, -0.15) is 0 Å². The number of carbonyl (C=O) groups is 2. The quantitative estimate of drug-likeness (QED) is 0.771. The van der Waals surface area contributed by atoms with Crippen LogP contribution in [0.15, 0.2) is 42.6 Å². The second-order valence-corrected chi connectivity index (χ2v) is 6.64. The monoisotopic (exact) mass is 377 g/mol. The number of nitrogens with zero attached hydrogens (tertiary/aromatic N) is 1. The summed E-state index contributed by atoms with van der Waals surface area (Å²) in [5, 5.41) is 9.91. The van der Waals surface area contributed by atoms with Crippen molar-refractivity contribution in [1.29, 1.82) is 0 Å². The van der Waals surface area contributed by atoms with E-state index in [-0.39, 0.29) is 18.6 Å². The Labute approximate surface area is 163 Å². The highest BCUT2D eigenvalue weighted by Crippen LogP contribution is 2.24. The number of hydrogen-bond acceptors (Lipinski definition) is 6. The van der Waals surface area contributed by atoms with Crippen LogP contribution in [0.25, 0.3) is 0 Å². The number of aliphatic hydroxyl groups is 1. The van der Waals surface area contributed by atoms with E-state index in [0.717, 1.165) is 0 Å². The Morgan fingerprint density at radius 2 is 2.19 bits per heavy atom. The highest BCUT2D eigenvalue weighted by molar-refractivity contribution is 8.15. The largest absolute Gasteiger partial charge is 0.493 e. The molecule has 2 aromatic rings. The zero-order valence-corrected chi connectivity index (χ0v) is 14.5. The first-order valence-electron chi connectivity index (χ1n) is 10.3. The molecule has 1 aliphatic rings. The molecule has 1 aromatic heterocycles. The van der Waals surface area contributed by atoms with Gasteiger partial charge in [0.05, 0.1) is 20.7 Å². The molecule has 2 heterocycles. The van der Waals surface area contributed by atoms with Crippen LogP contribution in [-0.4, -0.2) is 33.1 Å². The van der Waals surface area contributed by atoms with Crippen molar-refractivity contribution >= 4 is 22.9 Å². The molecule has 0 spiro atoms. The Kier molecular flexibility index (Phi) is 4.13. The van der Waals surface area contributed by atoms with Crippen LogP contribution in [0.2, 0.25) is 0 Å². The second-order valence-electron chi connectivity index (χ2n) is 5.57. The predicted octanol–water partition coefficient (Wildman–Crippen LogP) is 2.65. The minimum absolute atomic E-state index is 0.0877. The van der Waals surface area contributed by atoms with Crippen LogP contribution in [0.1, 0.15) is 36.6 Å². The second kappa shape index (κ2) is 8.33. The lowest BCUT2D eigenvalue weighted by molar-refractivity contribution is -0.118. The number of pyridine rings is 1. The van der Waals surface area contributed by atoms with Crippen molar-refractivity contribution in [3.05, 3.63) is 59.4 Å². The predicted molar refractivity (Wildman–Crippen MR) is 99.1 cm³/mol. The first-order chi connectivity index (χ1) is 14.4. The minimum atomic E-state index is -2.89. The lowest BCUT2D eigenvalue weighted by atomic mass is 10.1.